The maximum absolute atomic E-state index is 3.41. The molecule has 1 atom stereocenters. The normalized spacial score (nSPS) is 19.1. The number of nitrogens with one attached hydrogen (secondary N) is 1. The van der Waals surface area contributed by atoms with Crippen molar-refractivity contribution in [1.29, 1.82) is 0 Å². The van der Waals surface area contributed by atoms with Gasteiger partial charge in [0.05, 0.1) is 5.52 Å². The highest BCUT2D eigenvalue weighted by Gasteiger charge is 2.26. The molecule has 1 aromatic heterocycles. The Morgan fingerprint density at radius 1 is 1.05 bits per heavy atom. The molecule has 0 fully saturated rings. The molecule has 2 nitrogen and oxygen atoms in total. The Balaban J connectivity index is 1.92. The van der Waals surface area contributed by atoms with E-state index < -0.39 is 0 Å². The quantitative estimate of drug-likeness (QED) is 0.707. The molecule has 4 rings (SSSR count). The van der Waals surface area contributed by atoms with E-state index in [-0.39, 0.29) is 0 Å². The average molecular weight is 262 g/mol. The van der Waals surface area contributed by atoms with Gasteiger partial charge < -0.3 is 9.88 Å². The van der Waals surface area contributed by atoms with Gasteiger partial charge in [0.15, 0.2) is 0 Å². The van der Waals surface area contributed by atoms with Gasteiger partial charge in [0.1, 0.15) is 0 Å². The molecule has 100 valence electrons. The number of aromatic amines is 1. The highest BCUT2D eigenvalue weighted by atomic mass is 15.1. The van der Waals surface area contributed by atoms with E-state index in [4.69, 9.17) is 0 Å². The molecule has 0 saturated carbocycles. The zero-order valence-electron chi connectivity index (χ0n) is 11.6. The monoisotopic (exact) mass is 262 g/mol. The van der Waals surface area contributed by atoms with Crippen LogP contribution in [0.2, 0.25) is 0 Å². The minimum Gasteiger partial charge on any atom is -0.361 e. The number of hydrogen-bond acceptors (Lipinski definition) is 1. The van der Waals surface area contributed by atoms with Crippen molar-refractivity contribution in [2.24, 2.45) is 0 Å². The van der Waals surface area contributed by atoms with Crippen LogP contribution in [0.1, 0.15) is 22.6 Å². The molecule has 2 heterocycles. The summed E-state index contributed by atoms with van der Waals surface area (Å²) in [4.78, 5) is 5.83. The smallest absolute Gasteiger partial charge is 0.0502 e. The van der Waals surface area contributed by atoms with Crippen LogP contribution >= 0.6 is 0 Å². The zero-order chi connectivity index (χ0) is 13.5. The lowest BCUT2D eigenvalue weighted by Gasteiger charge is -2.33. The summed E-state index contributed by atoms with van der Waals surface area (Å²) in [6.07, 6.45) is 2.04. The van der Waals surface area contributed by atoms with Gasteiger partial charge in [-0.3, -0.25) is 0 Å². The molecular formula is C18H18N2. The van der Waals surface area contributed by atoms with Crippen LogP contribution in [0.4, 0.5) is 0 Å². The minimum atomic E-state index is 0.470. The fourth-order valence-electron chi connectivity index (χ4n) is 3.42. The number of likely N-dealkylation sites (N-methyl/N-ethyl adjacent to an activating group) is 1. The average Bonchev–Trinajstić information content (AvgIpc) is 2.96. The van der Waals surface area contributed by atoms with E-state index in [0.29, 0.717) is 5.92 Å². The van der Waals surface area contributed by atoms with E-state index in [1.165, 1.54) is 27.6 Å². The first-order chi connectivity index (χ1) is 9.83. The molecule has 0 radical (unpaired) electrons. The first-order valence-corrected chi connectivity index (χ1v) is 7.15. The molecule has 1 aliphatic heterocycles. The van der Waals surface area contributed by atoms with Crippen molar-refractivity contribution >= 4 is 10.9 Å². The summed E-state index contributed by atoms with van der Waals surface area (Å²) < 4.78 is 0. The van der Waals surface area contributed by atoms with Gasteiger partial charge in [-0.15, -0.1) is 0 Å². The highest BCUT2D eigenvalue weighted by molar-refractivity contribution is 5.84. The summed E-state index contributed by atoms with van der Waals surface area (Å²) >= 11 is 0. The first-order valence-electron chi connectivity index (χ1n) is 7.15. The highest BCUT2D eigenvalue weighted by Crippen LogP contribution is 2.36. The molecule has 0 aliphatic carbocycles. The number of fused-ring (bicyclic) bond motifs is 3. The zero-order valence-corrected chi connectivity index (χ0v) is 11.6. The first kappa shape index (κ1) is 11.7. The van der Waals surface area contributed by atoms with Crippen LogP contribution in [-0.4, -0.2) is 23.5 Å². The molecular weight excluding hydrogens is 244 g/mol. The Bertz CT molecular complexity index is 742. The number of aromatic nitrogens is 1. The van der Waals surface area contributed by atoms with Crippen molar-refractivity contribution < 1.29 is 0 Å². The van der Waals surface area contributed by atoms with Gasteiger partial charge in [-0.2, -0.15) is 0 Å². The van der Waals surface area contributed by atoms with Gasteiger partial charge in [0.25, 0.3) is 0 Å². The number of nitrogens with zero attached hydrogens (tertiary/aromatic N) is 1. The summed E-state index contributed by atoms with van der Waals surface area (Å²) in [5.41, 5.74) is 5.64. The molecule has 0 spiro atoms. The Labute approximate surface area is 119 Å². The van der Waals surface area contributed by atoms with Gasteiger partial charge in [-0.1, -0.05) is 42.5 Å². The maximum atomic E-state index is 3.41. The predicted octanol–water partition coefficient (Wildman–Crippen LogP) is 3.75. The van der Waals surface area contributed by atoms with Crippen LogP contribution in [0.25, 0.3) is 10.9 Å². The maximum Gasteiger partial charge on any atom is 0.0502 e. The van der Waals surface area contributed by atoms with E-state index >= 15 is 0 Å². The molecule has 1 aliphatic rings. The molecule has 1 unspecified atom stereocenters. The summed E-state index contributed by atoms with van der Waals surface area (Å²) in [7, 11) is 2.21. The summed E-state index contributed by atoms with van der Waals surface area (Å²) in [6.45, 7) is 2.11. The third-order valence-electron chi connectivity index (χ3n) is 4.37. The predicted molar refractivity (Wildman–Crippen MR) is 82.9 cm³/mol. The Kier molecular flexibility index (Phi) is 2.64. The van der Waals surface area contributed by atoms with E-state index in [2.05, 4.69) is 65.5 Å². The molecule has 3 aromatic rings. The van der Waals surface area contributed by atoms with Crippen LogP contribution in [0, 0.1) is 0 Å². The van der Waals surface area contributed by atoms with Crippen LogP contribution in [-0.2, 0) is 6.54 Å². The standard InChI is InChI=1S/C18H18N2/c1-20-11-16(13-5-3-2-4-6-13)15-8-7-14-9-10-19-18(14)17(15)12-20/h2-10,16,19H,11-12H2,1H3. The van der Waals surface area contributed by atoms with Crippen molar-refractivity contribution in [2.45, 2.75) is 12.5 Å². The topological polar surface area (TPSA) is 19.0 Å². The number of H-pyrrole nitrogens is 1. The molecule has 2 aromatic carbocycles. The lowest BCUT2D eigenvalue weighted by Crippen LogP contribution is -2.31. The van der Waals surface area contributed by atoms with Crippen molar-refractivity contribution in [3.05, 3.63) is 71.4 Å². The lowest BCUT2D eigenvalue weighted by molar-refractivity contribution is 0.296. The number of benzene rings is 2. The largest absolute Gasteiger partial charge is 0.361 e. The van der Waals surface area contributed by atoms with E-state index in [0.717, 1.165) is 13.1 Å². The summed E-state index contributed by atoms with van der Waals surface area (Å²) in [6, 6.07) is 17.6. The summed E-state index contributed by atoms with van der Waals surface area (Å²) in [5, 5.41) is 1.31. The van der Waals surface area contributed by atoms with E-state index in [1.807, 2.05) is 6.20 Å². The molecule has 2 heteroatoms. The lowest BCUT2D eigenvalue weighted by atomic mass is 9.84. The molecule has 0 saturated heterocycles. The second-order valence-electron chi connectivity index (χ2n) is 5.74. The van der Waals surface area contributed by atoms with Crippen molar-refractivity contribution in [3.8, 4) is 0 Å². The second-order valence-corrected chi connectivity index (χ2v) is 5.74. The van der Waals surface area contributed by atoms with Gasteiger partial charge >= 0.3 is 0 Å². The second kappa shape index (κ2) is 4.50. The number of hydrogen-bond donors (Lipinski definition) is 1. The van der Waals surface area contributed by atoms with Crippen LogP contribution < -0.4 is 0 Å². The van der Waals surface area contributed by atoms with E-state index in [1.54, 1.807) is 0 Å². The van der Waals surface area contributed by atoms with Crippen LogP contribution in [0.5, 0.6) is 0 Å². The number of rotatable bonds is 1. The summed E-state index contributed by atoms with van der Waals surface area (Å²) in [5.74, 6) is 0.470. The fraction of sp³-hybridized carbons (Fsp3) is 0.222. The SMILES string of the molecule is CN1Cc2c(ccc3cc[nH]c23)C(c2ccccc2)C1. The molecule has 0 amide bonds. The van der Waals surface area contributed by atoms with Crippen molar-refractivity contribution in [2.75, 3.05) is 13.6 Å². The third kappa shape index (κ3) is 1.76. The molecule has 1 N–H and O–H groups in total. The third-order valence-corrected chi connectivity index (χ3v) is 4.37. The molecule has 0 bridgehead atoms. The van der Waals surface area contributed by atoms with Gasteiger partial charge in [0.2, 0.25) is 0 Å². The van der Waals surface area contributed by atoms with Crippen molar-refractivity contribution in [3.63, 3.8) is 0 Å². The minimum absolute atomic E-state index is 0.470. The van der Waals surface area contributed by atoms with Crippen molar-refractivity contribution in [1.82, 2.24) is 9.88 Å². The fourth-order valence-corrected chi connectivity index (χ4v) is 3.42. The molecule has 20 heavy (non-hydrogen) atoms. The van der Waals surface area contributed by atoms with Gasteiger partial charge in [-0.05, 0) is 35.2 Å². The van der Waals surface area contributed by atoms with Crippen LogP contribution in [0.15, 0.2) is 54.7 Å². The van der Waals surface area contributed by atoms with Gasteiger partial charge in [0, 0.05) is 25.2 Å². The Morgan fingerprint density at radius 2 is 1.90 bits per heavy atom. The van der Waals surface area contributed by atoms with E-state index in [9.17, 15) is 0 Å². The Hall–Kier alpha value is -2.06. The Morgan fingerprint density at radius 3 is 2.75 bits per heavy atom. The van der Waals surface area contributed by atoms with Gasteiger partial charge in [-0.25, -0.2) is 0 Å². The van der Waals surface area contributed by atoms with Crippen LogP contribution in [0.3, 0.4) is 0 Å².